The molecule has 0 aromatic carbocycles. The standard InChI is InChI=1S/C10H16BNO3/c1-10(2,3)15-9(14)12-5-4-8(13)7(11)6-12/h7H,4-6H2,1-3H3. The van der Waals surface area contributed by atoms with E-state index in [0.29, 0.717) is 13.0 Å². The molecule has 1 amide bonds. The molecule has 1 fully saturated rings. The number of nitrogens with zero attached hydrogens (tertiary/aromatic N) is 1. The molecule has 4 nitrogen and oxygen atoms in total. The van der Waals surface area contributed by atoms with Gasteiger partial charge in [-0.1, -0.05) is 0 Å². The summed E-state index contributed by atoms with van der Waals surface area (Å²) in [6.07, 6.45) is -0.0779. The molecule has 82 valence electrons. The first-order chi connectivity index (χ1) is 6.79. The largest absolute Gasteiger partial charge is 0.444 e. The van der Waals surface area contributed by atoms with Crippen molar-refractivity contribution in [2.24, 2.45) is 0 Å². The highest BCUT2D eigenvalue weighted by Gasteiger charge is 2.29. The second-order valence-corrected chi connectivity index (χ2v) is 4.75. The highest BCUT2D eigenvalue weighted by Crippen LogP contribution is 2.17. The van der Waals surface area contributed by atoms with Crippen LogP contribution in [-0.2, 0) is 9.53 Å². The van der Waals surface area contributed by atoms with Gasteiger partial charge in [-0.05, 0) is 26.6 Å². The van der Waals surface area contributed by atoms with Gasteiger partial charge in [0, 0.05) is 19.5 Å². The normalized spacial score (nSPS) is 22.7. The van der Waals surface area contributed by atoms with E-state index >= 15 is 0 Å². The molecule has 0 aromatic heterocycles. The first-order valence-electron chi connectivity index (χ1n) is 5.06. The summed E-state index contributed by atoms with van der Waals surface area (Å²) in [5.74, 6) is -0.555. The van der Waals surface area contributed by atoms with E-state index in [2.05, 4.69) is 0 Å². The Morgan fingerprint density at radius 1 is 1.53 bits per heavy atom. The molecular weight excluding hydrogens is 193 g/mol. The van der Waals surface area contributed by atoms with Gasteiger partial charge in [-0.25, -0.2) is 4.79 Å². The number of rotatable bonds is 0. The summed E-state index contributed by atoms with van der Waals surface area (Å²) in [5, 5.41) is 0. The predicted octanol–water partition coefficient (Wildman–Crippen LogP) is 1.15. The Bertz CT molecular complexity index is 272. The second kappa shape index (κ2) is 4.25. The van der Waals surface area contributed by atoms with Gasteiger partial charge < -0.3 is 14.4 Å². The number of hydrogen-bond donors (Lipinski definition) is 0. The van der Waals surface area contributed by atoms with Crippen LogP contribution in [0.3, 0.4) is 0 Å². The van der Waals surface area contributed by atoms with Crippen LogP contribution in [-0.4, -0.2) is 43.3 Å². The zero-order valence-electron chi connectivity index (χ0n) is 9.45. The fourth-order valence-corrected chi connectivity index (χ4v) is 1.35. The maximum atomic E-state index is 11.6. The van der Waals surface area contributed by atoms with E-state index in [9.17, 15) is 9.59 Å². The summed E-state index contributed by atoms with van der Waals surface area (Å²) >= 11 is 0. The average molecular weight is 209 g/mol. The fraction of sp³-hybridized carbons (Fsp3) is 0.800. The number of ketones is 1. The second-order valence-electron chi connectivity index (χ2n) is 4.75. The van der Waals surface area contributed by atoms with Crippen molar-refractivity contribution in [1.82, 2.24) is 4.90 Å². The minimum Gasteiger partial charge on any atom is -0.444 e. The first-order valence-corrected chi connectivity index (χ1v) is 5.06. The van der Waals surface area contributed by atoms with E-state index in [1.54, 1.807) is 20.8 Å². The molecule has 1 rings (SSSR count). The third kappa shape index (κ3) is 3.57. The predicted molar refractivity (Wildman–Crippen MR) is 56.9 cm³/mol. The summed E-state index contributed by atoms with van der Waals surface area (Å²) in [6, 6.07) is 0. The molecule has 0 saturated carbocycles. The Hall–Kier alpha value is -0.995. The third-order valence-electron chi connectivity index (χ3n) is 2.11. The molecule has 1 heterocycles. The summed E-state index contributed by atoms with van der Waals surface area (Å²) < 4.78 is 5.18. The van der Waals surface area contributed by atoms with E-state index in [-0.39, 0.29) is 12.3 Å². The van der Waals surface area contributed by atoms with Gasteiger partial charge in [0.15, 0.2) is 0 Å². The Balaban J connectivity index is 2.51. The van der Waals surface area contributed by atoms with Gasteiger partial charge in [-0.3, -0.25) is 0 Å². The minimum atomic E-state index is -0.564. The lowest BCUT2D eigenvalue weighted by molar-refractivity contribution is -0.121. The SMILES string of the molecule is [B]C1CN(C(=O)OC(C)(C)C)CCC1=O. The molecule has 1 aliphatic heterocycles. The van der Waals surface area contributed by atoms with Crippen LogP contribution in [0.2, 0.25) is 5.82 Å². The summed E-state index contributed by atoms with van der Waals surface area (Å²) in [5.41, 5.74) is -0.511. The third-order valence-corrected chi connectivity index (χ3v) is 2.11. The molecule has 0 spiro atoms. The quantitative estimate of drug-likeness (QED) is 0.562. The minimum absolute atomic E-state index is 0.00908. The van der Waals surface area contributed by atoms with Gasteiger partial charge >= 0.3 is 6.09 Å². The average Bonchev–Trinajstić information content (AvgIpc) is 2.06. The van der Waals surface area contributed by atoms with Crippen LogP contribution in [0.15, 0.2) is 0 Å². The highest BCUT2D eigenvalue weighted by atomic mass is 16.6. The van der Waals surface area contributed by atoms with Crippen molar-refractivity contribution in [3.8, 4) is 0 Å². The van der Waals surface area contributed by atoms with Crippen molar-refractivity contribution >= 4 is 19.7 Å². The number of amides is 1. The molecule has 15 heavy (non-hydrogen) atoms. The van der Waals surface area contributed by atoms with Crippen LogP contribution in [0.25, 0.3) is 0 Å². The molecule has 1 aliphatic rings. The van der Waals surface area contributed by atoms with Gasteiger partial charge in [-0.15, -0.1) is 0 Å². The summed E-state index contributed by atoms with van der Waals surface area (Å²) in [7, 11) is 5.57. The lowest BCUT2D eigenvalue weighted by Crippen LogP contribution is -2.44. The molecule has 2 radical (unpaired) electrons. The van der Waals surface area contributed by atoms with E-state index in [0.717, 1.165) is 0 Å². The Kier molecular flexibility index (Phi) is 3.42. The van der Waals surface area contributed by atoms with Gasteiger partial charge in [0.2, 0.25) is 0 Å². The van der Waals surface area contributed by atoms with E-state index in [4.69, 9.17) is 12.6 Å². The van der Waals surface area contributed by atoms with Gasteiger partial charge in [-0.2, -0.15) is 0 Å². The number of piperidine rings is 1. The Morgan fingerprint density at radius 3 is 2.60 bits per heavy atom. The molecule has 0 aliphatic carbocycles. The maximum absolute atomic E-state index is 11.6. The summed E-state index contributed by atoms with van der Waals surface area (Å²) in [4.78, 5) is 24.2. The molecule has 1 saturated heterocycles. The van der Waals surface area contributed by atoms with E-state index in [1.165, 1.54) is 4.90 Å². The molecule has 0 aromatic rings. The molecule has 1 atom stereocenters. The molecule has 1 unspecified atom stereocenters. The maximum Gasteiger partial charge on any atom is 0.410 e. The first kappa shape index (κ1) is 12.1. The topological polar surface area (TPSA) is 46.6 Å². The smallest absolute Gasteiger partial charge is 0.410 e. The monoisotopic (exact) mass is 209 g/mol. The molecule has 5 heteroatoms. The van der Waals surface area contributed by atoms with E-state index < -0.39 is 17.5 Å². The Morgan fingerprint density at radius 2 is 2.13 bits per heavy atom. The number of ether oxygens (including phenoxy) is 1. The van der Waals surface area contributed by atoms with Crippen molar-refractivity contribution in [1.29, 1.82) is 0 Å². The van der Waals surface area contributed by atoms with Crippen LogP contribution >= 0.6 is 0 Å². The zero-order chi connectivity index (χ0) is 11.6. The van der Waals surface area contributed by atoms with Crippen LogP contribution in [0.4, 0.5) is 4.79 Å². The van der Waals surface area contributed by atoms with Crippen LogP contribution in [0, 0.1) is 0 Å². The van der Waals surface area contributed by atoms with Gasteiger partial charge in [0.1, 0.15) is 11.4 Å². The zero-order valence-corrected chi connectivity index (χ0v) is 9.45. The summed E-state index contributed by atoms with van der Waals surface area (Å²) in [6.45, 7) is 6.08. The number of hydrogen-bond acceptors (Lipinski definition) is 3. The van der Waals surface area contributed by atoms with E-state index in [1.807, 2.05) is 0 Å². The fourth-order valence-electron chi connectivity index (χ4n) is 1.35. The van der Waals surface area contributed by atoms with Crippen molar-refractivity contribution in [2.45, 2.75) is 38.6 Å². The number of carbonyl (C=O) groups excluding carboxylic acids is 2. The van der Waals surface area contributed by atoms with Crippen molar-refractivity contribution < 1.29 is 14.3 Å². The highest BCUT2D eigenvalue weighted by molar-refractivity contribution is 6.24. The van der Waals surface area contributed by atoms with Gasteiger partial charge in [0.25, 0.3) is 0 Å². The lowest BCUT2D eigenvalue weighted by Gasteiger charge is -2.32. The molecule has 0 bridgehead atoms. The van der Waals surface area contributed by atoms with Crippen molar-refractivity contribution in [3.05, 3.63) is 0 Å². The van der Waals surface area contributed by atoms with Crippen molar-refractivity contribution in [3.63, 3.8) is 0 Å². The van der Waals surface area contributed by atoms with Crippen LogP contribution in [0.5, 0.6) is 0 Å². The van der Waals surface area contributed by atoms with Crippen LogP contribution in [0.1, 0.15) is 27.2 Å². The van der Waals surface area contributed by atoms with Crippen molar-refractivity contribution in [2.75, 3.05) is 13.1 Å². The number of likely N-dealkylation sites (tertiary alicyclic amines) is 1. The molecule has 0 N–H and O–H groups in total. The van der Waals surface area contributed by atoms with Crippen LogP contribution < -0.4 is 0 Å². The number of carbonyl (C=O) groups is 2. The lowest BCUT2D eigenvalue weighted by atomic mass is 9.80. The Labute approximate surface area is 91.4 Å². The van der Waals surface area contributed by atoms with Gasteiger partial charge in [0.05, 0.1) is 7.85 Å². The molecular formula is C10H16BNO3. The number of Topliss-reactive ketones (excluding diaryl/α,β-unsaturated/α-hetero) is 1.